The number of rotatable bonds is 9. The molecule has 0 fully saturated rings. The molecule has 5 nitrogen and oxygen atoms in total. The Balaban J connectivity index is 1.49. The van der Waals surface area contributed by atoms with Crippen molar-refractivity contribution in [2.24, 2.45) is 0 Å². The lowest BCUT2D eigenvalue weighted by molar-refractivity contribution is -0.0424. The zero-order valence-corrected chi connectivity index (χ0v) is 16.7. The maximum atomic E-state index is 10.2. The number of anilines is 1. The molecule has 0 saturated carbocycles. The largest absolute Gasteiger partial charge is 0.387 e. The molecule has 0 aliphatic carbocycles. The monoisotopic (exact) mass is 412 g/mol. The quantitative estimate of drug-likeness (QED) is 0.273. The normalized spacial score (nSPS) is 12.2. The fourth-order valence-corrected chi connectivity index (χ4v) is 3.25. The van der Waals surface area contributed by atoms with Gasteiger partial charge in [0.2, 0.25) is 0 Å². The molecule has 0 radical (unpaired) electrons. The van der Waals surface area contributed by atoms with Gasteiger partial charge in [-0.2, -0.15) is 0 Å². The molecule has 1 atom stereocenters. The highest BCUT2D eigenvalue weighted by Gasteiger charge is 2.07. The molecule has 0 aliphatic rings. The zero-order chi connectivity index (χ0) is 20.6. The Labute approximate surface area is 175 Å². The number of nitrogens with one attached hydrogen (secondary N) is 2. The molecule has 0 unspecified atom stereocenters. The van der Waals surface area contributed by atoms with Crippen LogP contribution in [0.3, 0.4) is 0 Å². The number of benzene rings is 3. The minimum absolute atomic E-state index is 0.443. The van der Waals surface area contributed by atoms with Crippen LogP contribution in [-0.4, -0.2) is 35.0 Å². The lowest BCUT2D eigenvalue weighted by atomic mass is 10.0. The number of aliphatic hydroxyl groups is 3. The third-order valence-electron chi connectivity index (χ3n) is 4.58. The average molecular weight is 413 g/mol. The van der Waals surface area contributed by atoms with Crippen molar-refractivity contribution in [2.45, 2.75) is 12.4 Å². The smallest absolute Gasteiger partial charge is 0.178 e. The third kappa shape index (κ3) is 6.29. The van der Waals surface area contributed by atoms with E-state index in [0.717, 1.165) is 22.4 Å². The van der Waals surface area contributed by atoms with Crippen molar-refractivity contribution < 1.29 is 15.3 Å². The summed E-state index contributed by atoms with van der Waals surface area (Å²) in [6.45, 7) is 1.83. The number of aliphatic hydroxyl groups excluding tert-OH is 2. The van der Waals surface area contributed by atoms with Crippen molar-refractivity contribution in [3.63, 3.8) is 0 Å². The summed E-state index contributed by atoms with van der Waals surface area (Å²) in [6.07, 6.45) is -2.09. The highest BCUT2D eigenvalue weighted by molar-refractivity contribution is 6.30. The molecule has 6 heteroatoms. The van der Waals surface area contributed by atoms with Crippen LogP contribution in [0, 0.1) is 0 Å². The van der Waals surface area contributed by atoms with Crippen molar-refractivity contribution in [2.75, 3.05) is 25.0 Å². The molecule has 0 bridgehead atoms. The summed E-state index contributed by atoms with van der Waals surface area (Å²) in [7, 11) is 0. The van der Waals surface area contributed by atoms with E-state index >= 15 is 0 Å². The second-order valence-corrected chi connectivity index (χ2v) is 7.22. The van der Waals surface area contributed by atoms with Crippen LogP contribution in [0.25, 0.3) is 11.1 Å². The molecule has 0 saturated heterocycles. The van der Waals surface area contributed by atoms with Crippen LogP contribution >= 0.6 is 11.6 Å². The van der Waals surface area contributed by atoms with E-state index in [2.05, 4.69) is 10.6 Å². The highest BCUT2D eigenvalue weighted by Crippen LogP contribution is 2.25. The molecule has 0 spiro atoms. The summed E-state index contributed by atoms with van der Waals surface area (Å²) in [5.74, 6) is 0. The van der Waals surface area contributed by atoms with Crippen molar-refractivity contribution in [1.82, 2.24) is 5.32 Å². The van der Waals surface area contributed by atoms with E-state index in [0.29, 0.717) is 30.2 Å². The van der Waals surface area contributed by atoms with Crippen molar-refractivity contribution in [3.05, 3.63) is 88.9 Å². The van der Waals surface area contributed by atoms with Crippen LogP contribution < -0.4 is 10.6 Å². The van der Waals surface area contributed by atoms with Crippen LogP contribution in [-0.2, 0) is 0 Å². The first-order chi connectivity index (χ1) is 14.0. The summed E-state index contributed by atoms with van der Waals surface area (Å²) in [6, 6.07) is 22.3. The Hall–Kier alpha value is -2.41. The zero-order valence-electron chi connectivity index (χ0n) is 15.9. The van der Waals surface area contributed by atoms with Gasteiger partial charge in [0.15, 0.2) is 6.29 Å². The fraction of sp³-hybridized carbons (Fsp3) is 0.217. The summed E-state index contributed by atoms with van der Waals surface area (Å²) >= 11 is 5.96. The van der Waals surface area contributed by atoms with Crippen molar-refractivity contribution >= 4 is 17.3 Å². The van der Waals surface area contributed by atoms with E-state index in [9.17, 15) is 15.3 Å². The molecule has 29 heavy (non-hydrogen) atoms. The van der Waals surface area contributed by atoms with Crippen LogP contribution in [0.1, 0.15) is 23.5 Å². The van der Waals surface area contributed by atoms with E-state index < -0.39 is 12.4 Å². The molecule has 0 aliphatic heterocycles. The molecule has 0 amide bonds. The molecule has 152 valence electrons. The first-order valence-electron chi connectivity index (χ1n) is 9.47. The van der Waals surface area contributed by atoms with Crippen LogP contribution in [0.4, 0.5) is 5.69 Å². The third-order valence-corrected chi connectivity index (χ3v) is 4.82. The van der Waals surface area contributed by atoms with Crippen molar-refractivity contribution in [3.8, 4) is 11.1 Å². The van der Waals surface area contributed by atoms with Gasteiger partial charge >= 0.3 is 0 Å². The Morgan fingerprint density at radius 3 is 2.21 bits per heavy atom. The Morgan fingerprint density at radius 2 is 1.45 bits per heavy atom. The molecular formula is C23H25ClN2O3. The maximum absolute atomic E-state index is 10.2. The van der Waals surface area contributed by atoms with Gasteiger partial charge in [0.05, 0.1) is 6.10 Å². The Morgan fingerprint density at radius 1 is 0.759 bits per heavy atom. The van der Waals surface area contributed by atoms with Gasteiger partial charge in [-0.1, -0.05) is 54.1 Å². The number of hydrogen-bond donors (Lipinski definition) is 5. The first-order valence-corrected chi connectivity index (χ1v) is 9.85. The van der Waals surface area contributed by atoms with Gasteiger partial charge in [-0.25, -0.2) is 0 Å². The SMILES string of the molecule is OC(O)c1cccc(-c2cccc(NCCNC[C@H](O)c3cccc(Cl)c3)c2)c1. The van der Waals surface area contributed by atoms with E-state index in [1.54, 1.807) is 30.3 Å². The molecule has 0 aromatic heterocycles. The van der Waals surface area contributed by atoms with Gasteiger partial charge in [0.25, 0.3) is 0 Å². The predicted octanol–water partition coefficient (Wildman–Crippen LogP) is 3.73. The van der Waals surface area contributed by atoms with E-state index in [-0.39, 0.29) is 0 Å². The highest BCUT2D eigenvalue weighted by atomic mass is 35.5. The van der Waals surface area contributed by atoms with Gasteiger partial charge in [0, 0.05) is 35.9 Å². The molecule has 0 heterocycles. The van der Waals surface area contributed by atoms with E-state index in [1.165, 1.54) is 0 Å². The topological polar surface area (TPSA) is 84.8 Å². The van der Waals surface area contributed by atoms with Crippen LogP contribution in [0.15, 0.2) is 72.8 Å². The summed E-state index contributed by atoms with van der Waals surface area (Å²) in [5.41, 5.74) is 4.13. The van der Waals surface area contributed by atoms with Gasteiger partial charge in [0.1, 0.15) is 0 Å². The standard InChI is InChI=1S/C23H25ClN2O3/c24-20-8-2-6-18(13-20)22(27)15-25-10-11-26-21-9-3-5-17(14-21)16-4-1-7-19(12-16)23(28)29/h1-9,12-14,22-23,25-29H,10-11,15H2/t22-/m0/s1. The fourth-order valence-electron chi connectivity index (χ4n) is 3.05. The second-order valence-electron chi connectivity index (χ2n) is 6.78. The predicted molar refractivity (Wildman–Crippen MR) is 117 cm³/mol. The molecule has 3 rings (SSSR count). The minimum Gasteiger partial charge on any atom is -0.387 e. The summed E-state index contributed by atoms with van der Waals surface area (Å²) in [4.78, 5) is 0. The van der Waals surface area contributed by atoms with E-state index in [1.807, 2.05) is 42.5 Å². The molecule has 5 N–H and O–H groups in total. The van der Waals surface area contributed by atoms with Gasteiger partial charge in [-0.3, -0.25) is 0 Å². The lowest BCUT2D eigenvalue weighted by Gasteiger charge is -2.14. The minimum atomic E-state index is -1.48. The van der Waals surface area contributed by atoms with Crippen molar-refractivity contribution in [1.29, 1.82) is 0 Å². The first kappa shape index (κ1) is 21.3. The molecular weight excluding hydrogens is 388 g/mol. The average Bonchev–Trinajstić information content (AvgIpc) is 2.73. The van der Waals surface area contributed by atoms with Gasteiger partial charge in [-0.05, 0) is 47.0 Å². The van der Waals surface area contributed by atoms with Gasteiger partial charge < -0.3 is 26.0 Å². The summed E-state index contributed by atoms with van der Waals surface area (Å²) < 4.78 is 0. The van der Waals surface area contributed by atoms with Crippen LogP contribution in [0.5, 0.6) is 0 Å². The number of hydrogen-bond acceptors (Lipinski definition) is 5. The molecule has 3 aromatic rings. The Bertz CT molecular complexity index is 933. The lowest BCUT2D eigenvalue weighted by Crippen LogP contribution is -2.26. The number of halogens is 1. The molecule has 3 aromatic carbocycles. The summed E-state index contributed by atoms with van der Waals surface area (Å²) in [5, 5.41) is 36.1. The van der Waals surface area contributed by atoms with Gasteiger partial charge in [-0.15, -0.1) is 0 Å². The maximum Gasteiger partial charge on any atom is 0.178 e. The second kappa shape index (κ2) is 10.4. The van der Waals surface area contributed by atoms with Crippen LogP contribution in [0.2, 0.25) is 5.02 Å². The van der Waals surface area contributed by atoms with E-state index in [4.69, 9.17) is 11.6 Å². The Kier molecular flexibility index (Phi) is 7.63.